The molecule has 1 aromatic rings. The molecule has 0 spiro atoms. The molecular formula is C21H30N2O. The molecule has 0 unspecified atom stereocenters. The molecule has 3 heteroatoms. The number of likely N-dealkylation sites (tertiary alicyclic amines) is 2. The largest absolute Gasteiger partial charge is 0.342 e. The summed E-state index contributed by atoms with van der Waals surface area (Å²) in [4.78, 5) is 17.6. The molecule has 1 aliphatic carbocycles. The van der Waals surface area contributed by atoms with E-state index in [1.807, 2.05) is 0 Å². The van der Waals surface area contributed by atoms with E-state index in [9.17, 15) is 4.79 Å². The number of hydrogen-bond donors (Lipinski definition) is 0. The Morgan fingerprint density at radius 2 is 1.58 bits per heavy atom. The van der Waals surface area contributed by atoms with Gasteiger partial charge in [-0.2, -0.15) is 0 Å². The second-order valence-electron chi connectivity index (χ2n) is 8.40. The van der Waals surface area contributed by atoms with Crippen molar-refractivity contribution in [3.05, 3.63) is 35.9 Å². The highest BCUT2D eigenvalue weighted by molar-refractivity contribution is 5.79. The highest BCUT2D eigenvalue weighted by Gasteiger charge is 2.42. The molecular weight excluding hydrogens is 296 g/mol. The molecule has 0 radical (unpaired) electrons. The molecule has 24 heavy (non-hydrogen) atoms. The summed E-state index contributed by atoms with van der Waals surface area (Å²) in [5.74, 6) is 2.99. The number of fused-ring (bicyclic) bond motifs is 1. The highest BCUT2D eigenvalue weighted by Crippen LogP contribution is 2.35. The van der Waals surface area contributed by atoms with Crippen LogP contribution in [0.25, 0.3) is 0 Å². The summed E-state index contributed by atoms with van der Waals surface area (Å²) in [5, 5.41) is 0. The summed E-state index contributed by atoms with van der Waals surface area (Å²) < 4.78 is 0. The van der Waals surface area contributed by atoms with Crippen molar-refractivity contribution in [1.82, 2.24) is 9.80 Å². The molecule has 0 N–H and O–H groups in total. The zero-order chi connectivity index (χ0) is 16.5. The molecule has 130 valence electrons. The van der Waals surface area contributed by atoms with Crippen molar-refractivity contribution in [3.63, 3.8) is 0 Å². The lowest BCUT2D eigenvalue weighted by atomic mass is 9.82. The van der Waals surface area contributed by atoms with Crippen molar-refractivity contribution in [2.24, 2.45) is 23.7 Å². The molecule has 2 saturated heterocycles. The zero-order valence-electron chi connectivity index (χ0n) is 14.9. The maximum Gasteiger partial charge on any atom is 0.225 e. The van der Waals surface area contributed by atoms with Gasteiger partial charge in [-0.25, -0.2) is 0 Å². The predicted molar refractivity (Wildman–Crippen MR) is 96.4 cm³/mol. The summed E-state index contributed by atoms with van der Waals surface area (Å²) in [6.45, 7) is 7.70. The van der Waals surface area contributed by atoms with Crippen LogP contribution in [0.4, 0.5) is 0 Å². The second-order valence-corrected chi connectivity index (χ2v) is 8.40. The van der Waals surface area contributed by atoms with Crippen LogP contribution in [0.3, 0.4) is 0 Å². The highest BCUT2D eigenvalue weighted by atomic mass is 16.2. The van der Waals surface area contributed by atoms with E-state index in [1.54, 1.807) is 0 Å². The van der Waals surface area contributed by atoms with Gasteiger partial charge in [0, 0.05) is 38.6 Å². The van der Waals surface area contributed by atoms with Gasteiger partial charge in [0.25, 0.3) is 0 Å². The third kappa shape index (κ3) is 3.37. The monoisotopic (exact) mass is 326 g/mol. The van der Waals surface area contributed by atoms with Gasteiger partial charge < -0.3 is 4.90 Å². The van der Waals surface area contributed by atoms with Gasteiger partial charge in [0.15, 0.2) is 0 Å². The molecule has 2 aliphatic heterocycles. The van der Waals surface area contributed by atoms with E-state index in [1.165, 1.54) is 18.4 Å². The summed E-state index contributed by atoms with van der Waals surface area (Å²) in [6, 6.07) is 10.8. The van der Waals surface area contributed by atoms with Crippen molar-refractivity contribution >= 4 is 5.91 Å². The number of carbonyl (C=O) groups excluding carboxylic acids is 1. The Balaban J connectivity index is 1.29. The average Bonchev–Trinajstić information content (AvgIpc) is 3.14. The van der Waals surface area contributed by atoms with Gasteiger partial charge in [0.05, 0.1) is 0 Å². The number of nitrogens with zero attached hydrogens (tertiary/aromatic N) is 2. The summed E-state index contributed by atoms with van der Waals surface area (Å²) in [7, 11) is 0. The molecule has 1 amide bonds. The van der Waals surface area contributed by atoms with Crippen LogP contribution in [0.2, 0.25) is 0 Å². The van der Waals surface area contributed by atoms with E-state index >= 15 is 0 Å². The third-order valence-electron chi connectivity index (χ3n) is 6.49. The van der Waals surface area contributed by atoms with Crippen molar-refractivity contribution in [2.75, 3.05) is 26.2 Å². The Hall–Kier alpha value is -1.35. The van der Waals surface area contributed by atoms with Crippen LogP contribution in [-0.4, -0.2) is 41.9 Å². The van der Waals surface area contributed by atoms with Crippen molar-refractivity contribution < 1.29 is 4.79 Å². The Morgan fingerprint density at radius 1 is 0.958 bits per heavy atom. The first-order chi connectivity index (χ1) is 11.7. The lowest BCUT2D eigenvalue weighted by Crippen LogP contribution is -2.38. The van der Waals surface area contributed by atoms with Gasteiger partial charge in [0.1, 0.15) is 0 Å². The van der Waals surface area contributed by atoms with Crippen LogP contribution in [0.5, 0.6) is 0 Å². The minimum Gasteiger partial charge on any atom is -0.342 e. The normalized spacial score (nSPS) is 33.6. The van der Waals surface area contributed by atoms with Gasteiger partial charge in [-0.15, -0.1) is 0 Å². The molecule has 0 bridgehead atoms. The van der Waals surface area contributed by atoms with Gasteiger partial charge in [-0.05, 0) is 49.0 Å². The number of hydrogen-bond acceptors (Lipinski definition) is 2. The van der Waals surface area contributed by atoms with E-state index in [0.717, 1.165) is 51.5 Å². The smallest absolute Gasteiger partial charge is 0.225 e. The van der Waals surface area contributed by atoms with E-state index < -0.39 is 0 Å². The van der Waals surface area contributed by atoms with Gasteiger partial charge in [0.2, 0.25) is 5.91 Å². The molecule has 4 rings (SSSR count). The maximum atomic E-state index is 12.8. The maximum absolute atomic E-state index is 12.8. The standard InChI is InChI=1S/C21H30N2O/c1-16-7-9-18(10-8-16)21(24)23-14-19-12-22(13-20(19)15-23)11-17-5-3-2-4-6-17/h2-6,16,18-20H,7-15H2,1H3/t16?,18?,19-,20+. The SMILES string of the molecule is CC1CCC(C(=O)N2C[C@H]3CN(Cc4ccccc4)C[C@H]3C2)CC1. The lowest BCUT2D eigenvalue weighted by molar-refractivity contribution is -0.136. The first kappa shape index (κ1) is 16.1. The Morgan fingerprint density at radius 3 is 2.21 bits per heavy atom. The molecule has 2 atom stereocenters. The lowest BCUT2D eigenvalue weighted by Gasteiger charge is -2.30. The second kappa shape index (κ2) is 6.87. The summed E-state index contributed by atoms with van der Waals surface area (Å²) >= 11 is 0. The quantitative estimate of drug-likeness (QED) is 0.850. The van der Waals surface area contributed by atoms with Crippen LogP contribution in [-0.2, 0) is 11.3 Å². The first-order valence-corrected chi connectivity index (χ1v) is 9.74. The van der Waals surface area contributed by atoms with E-state index in [2.05, 4.69) is 47.1 Å². The molecule has 1 saturated carbocycles. The Kier molecular flexibility index (Phi) is 4.62. The van der Waals surface area contributed by atoms with Crippen LogP contribution in [0.15, 0.2) is 30.3 Å². The predicted octanol–water partition coefficient (Wildman–Crippen LogP) is 3.40. The number of amides is 1. The number of benzene rings is 1. The molecule has 3 nitrogen and oxygen atoms in total. The fourth-order valence-corrected chi connectivity index (χ4v) is 5.01. The number of carbonyl (C=O) groups is 1. The van der Waals surface area contributed by atoms with Gasteiger partial charge in [-0.1, -0.05) is 37.3 Å². The van der Waals surface area contributed by atoms with Crippen molar-refractivity contribution in [2.45, 2.75) is 39.2 Å². The zero-order valence-corrected chi connectivity index (χ0v) is 14.9. The summed E-state index contributed by atoms with van der Waals surface area (Å²) in [6.07, 6.45) is 4.71. The van der Waals surface area contributed by atoms with Crippen LogP contribution in [0.1, 0.15) is 38.2 Å². The molecule has 3 aliphatic rings. The van der Waals surface area contributed by atoms with Crippen molar-refractivity contribution in [1.29, 1.82) is 0 Å². The molecule has 1 aromatic carbocycles. The fraction of sp³-hybridized carbons (Fsp3) is 0.667. The van der Waals surface area contributed by atoms with E-state index in [0.29, 0.717) is 23.7 Å². The first-order valence-electron chi connectivity index (χ1n) is 9.74. The minimum absolute atomic E-state index is 0.320. The Labute approximate surface area is 146 Å². The van der Waals surface area contributed by atoms with Crippen molar-refractivity contribution in [3.8, 4) is 0 Å². The molecule has 2 heterocycles. The molecule has 0 aromatic heterocycles. The minimum atomic E-state index is 0.320. The average molecular weight is 326 g/mol. The third-order valence-corrected chi connectivity index (χ3v) is 6.49. The van der Waals surface area contributed by atoms with Crippen LogP contribution < -0.4 is 0 Å². The Bertz CT molecular complexity index is 550. The fourth-order valence-electron chi connectivity index (χ4n) is 5.01. The number of rotatable bonds is 3. The van der Waals surface area contributed by atoms with E-state index in [4.69, 9.17) is 0 Å². The van der Waals surface area contributed by atoms with Crippen LogP contribution in [0, 0.1) is 23.7 Å². The summed E-state index contributed by atoms with van der Waals surface area (Å²) in [5.41, 5.74) is 1.40. The van der Waals surface area contributed by atoms with Gasteiger partial charge >= 0.3 is 0 Å². The van der Waals surface area contributed by atoms with E-state index in [-0.39, 0.29) is 0 Å². The topological polar surface area (TPSA) is 23.6 Å². The van der Waals surface area contributed by atoms with Gasteiger partial charge in [-0.3, -0.25) is 9.69 Å². The molecule has 3 fully saturated rings. The van der Waals surface area contributed by atoms with Crippen LogP contribution >= 0.6 is 0 Å².